The van der Waals surface area contributed by atoms with Crippen molar-refractivity contribution in [2.45, 2.75) is 38.5 Å². The molecule has 2 heteroatoms. The summed E-state index contributed by atoms with van der Waals surface area (Å²) in [5.74, 6) is 1.40. The molecule has 3 rings (SSSR count). The minimum Gasteiger partial charge on any atom is -0.316 e. The molecule has 1 N–H and O–H groups in total. The van der Waals surface area contributed by atoms with Gasteiger partial charge in [0.05, 0.1) is 0 Å². The van der Waals surface area contributed by atoms with Crippen LogP contribution in [0.25, 0.3) is 0 Å². The average molecular weight is 351 g/mol. The Balaban J connectivity index is 1.55. The van der Waals surface area contributed by atoms with Crippen LogP contribution in [0.15, 0.2) is 60.7 Å². The molecule has 2 nitrogen and oxygen atoms in total. The van der Waals surface area contributed by atoms with Crippen LogP contribution in [0.5, 0.6) is 0 Å². The molecule has 0 saturated carbocycles. The maximum absolute atomic E-state index is 3.75. The topological polar surface area (TPSA) is 15.3 Å². The van der Waals surface area contributed by atoms with Gasteiger partial charge in [-0.05, 0) is 68.4 Å². The molecule has 0 radical (unpaired) electrons. The first-order valence-electron chi connectivity index (χ1n) is 10.4. The number of likely N-dealkylation sites (tertiary alicyclic amines) is 1. The lowest BCUT2D eigenvalue weighted by atomic mass is 9.80. The van der Waals surface area contributed by atoms with E-state index in [0.29, 0.717) is 11.8 Å². The molecule has 2 atom stereocenters. The van der Waals surface area contributed by atoms with Gasteiger partial charge in [0.15, 0.2) is 0 Å². The van der Waals surface area contributed by atoms with E-state index in [4.69, 9.17) is 0 Å². The third-order valence-electron chi connectivity index (χ3n) is 5.71. The molecule has 2 aromatic rings. The molecule has 1 saturated heterocycles. The second-order valence-corrected chi connectivity index (χ2v) is 7.66. The van der Waals surface area contributed by atoms with E-state index in [-0.39, 0.29) is 0 Å². The predicted octanol–water partition coefficient (Wildman–Crippen LogP) is 4.72. The zero-order chi connectivity index (χ0) is 18.0. The fourth-order valence-electron chi connectivity index (χ4n) is 4.20. The summed E-state index contributed by atoms with van der Waals surface area (Å²) in [4.78, 5) is 2.69. The molecular weight excluding hydrogens is 316 g/mol. The lowest BCUT2D eigenvalue weighted by Crippen LogP contribution is -2.44. The molecule has 1 aliphatic rings. The van der Waals surface area contributed by atoms with E-state index in [1.165, 1.54) is 50.0 Å². The molecule has 1 heterocycles. The first kappa shape index (κ1) is 19.1. The summed E-state index contributed by atoms with van der Waals surface area (Å²) in [7, 11) is 0. The lowest BCUT2D eigenvalue weighted by molar-refractivity contribution is 0.149. The van der Waals surface area contributed by atoms with Gasteiger partial charge in [0, 0.05) is 6.54 Å². The Morgan fingerprint density at radius 2 is 1.73 bits per heavy atom. The van der Waals surface area contributed by atoms with E-state index >= 15 is 0 Å². The molecule has 0 spiro atoms. The van der Waals surface area contributed by atoms with E-state index < -0.39 is 0 Å². The Kier molecular flexibility index (Phi) is 7.72. The van der Waals surface area contributed by atoms with Crippen LogP contribution in [0.2, 0.25) is 0 Å². The van der Waals surface area contributed by atoms with Crippen LogP contribution < -0.4 is 5.32 Å². The van der Waals surface area contributed by atoms with Gasteiger partial charge in [-0.25, -0.2) is 0 Å². The van der Waals surface area contributed by atoms with Crippen molar-refractivity contribution in [3.8, 4) is 0 Å². The number of nitrogens with zero attached hydrogens (tertiary/aromatic N) is 1. The van der Waals surface area contributed by atoms with E-state index in [1.54, 1.807) is 0 Å². The summed E-state index contributed by atoms with van der Waals surface area (Å²) in [6, 6.07) is 22.0. The van der Waals surface area contributed by atoms with Gasteiger partial charge in [-0.15, -0.1) is 0 Å². The van der Waals surface area contributed by atoms with Gasteiger partial charge in [-0.1, -0.05) is 74.0 Å². The minimum atomic E-state index is 0.693. The molecule has 0 aromatic heterocycles. The molecule has 0 bridgehead atoms. The minimum absolute atomic E-state index is 0.693. The maximum Gasteiger partial charge on any atom is 0.00277 e. The number of hydrogen-bond donors (Lipinski definition) is 1. The molecule has 1 aliphatic heterocycles. The highest BCUT2D eigenvalue weighted by molar-refractivity contribution is 5.21. The van der Waals surface area contributed by atoms with Crippen molar-refractivity contribution in [3.05, 3.63) is 71.8 Å². The van der Waals surface area contributed by atoms with Crippen LogP contribution in [-0.2, 0) is 6.42 Å². The normalized spacial score (nSPS) is 21.0. The standard InChI is InChI=1S/C24H34N2/c1-2-3-17-26-18-15-24(22-12-8-5-9-13-22)23(20-26)19-25-16-14-21-10-6-4-7-11-21/h4-13,23-25H,2-3,14-20H2,1H3/t23-,24+/m0/s1. The van der Waals surface area contributed by atoms with Gasteiger partial charge in [-0.2, -0.15) is 0 Å². The molecule has 0 aliphatic carbocycles. The summed E-state index contributed by atoms with van der Waals surface area (Å²) < 4.78 is 0. The highest BCUT2D eigenvalue weighted by atomic mass is 15.1. The van der Waals surface area contributed by atoms with Crippen LogP contribution in [-0.4, -0.2) is 37.6 Å². The Hall–Kier alpha value is -1.64. The van der Waals surface area contributed by atoms with Crippen LogP contribution in [0.3, 0.4) is 0 Å². The van der Waals surface area contributed by atoms with Gasteiger partial charge in [0.1, 0.15) is 0 Å². The zero-order valence-electron chi connectivity index (χ0n) is 16.2. The quantitative estimate of drug-likeness (QED) is 0.658. The molecule has 1 fully saturated rings. The van der Waals surface area contributed by atoms with E-state index in [9.17, 15) is 0 Å². The number of rotatable bonds is 9. The smallest absolute Gasteiger partial charge is 0.00277 e. The first-order valence-corrected chi connectivity index (χ1v) is 10.4. The highest BCUT2D eigenvalue weighted by Gasteiger charge is 2.29. The number of unbranched alkanes of at least 4 members (excludes halogenated alkanes) is 1. The van der Waals surface area contributed by atoms with E-state index in [0.717, 1.165) is 19.5 Å². The molecule has 140 valence electrons. The molecule has 26 heavy (non-hydrogen) atoms. The first-order chi connectivity index (χ1) is 12.9. The molecule has 0 unspecified atom stereocenters. The number of hydrogen-bond acceptors (Lipinski definition) is 2. The number of nitrogens with one attached hydrogen (secondary N) is 1. The van der Waals surface area contributed by atoms with E-state index in [2.05, 4.69) is 77.8 Å². The number of piperidine rings is 1. The third-order valence-corrected chi connectivity index (χ3v) is 5.71. The van der Waals surface area contributed by atoms with E-state index in [1.807, 2.05) is 0 Å². The molecule has 0 amide bonds. The fourth-order valence-corrected chi connectivity index (χ4v) is 4.20. The van der Waals surface area contributed by atoms with Crippen molar-refractivity contribution in [2.75, 3.05) is 32.7 Å². The third kappa shape index (κ3) is 5.69. The highest BCUT2D eigenvalue weighted by Crippen LogP contribution is 2.32. The monoisotopic (exact) mass is 350 g/mol. The van der Waals surface area contributed by atoms with Gasteiger partial charge in [0.2, 0.25) is 0 Å². The van der Waals surface area contributed by atoms with Gasteiger partial charge < -0.3 is 10.2 Å². The van der Waals surface area contributed by atoms with Gasteiger partial charge in [0.25, 0.3) is 0 Å². The van der Waals surface area contributed by atoms with Gasteiger partial charge in [-0.3, -0.25) is 0 Å². The summed E-state index contributed by atoms with van der Waals surface area (Å²) in [6.45, 7) is 8.22. The number of benzene rings is 2. The van der Waals surface area contributed by atoms with Crippen LogP contribution in [0, 0.1) is 5.92 Å². The molecular formula is C24H34N2. The second-order valence-electron chi connectivity index (χ2n) is 7.66. The summed E-state index contributed by atoms with van der Waals surface area (Å²) in [5, 5.41) is 3.75. The maximum atomic E-state index is 3.75. The largest absolute Gasteiger partial charge is 0.316 e. The lowest BCUT2D eigenvalue weighted by Gasteiger charge is -2.39. The van der Waals surface area contributed by atoms with Gasteiger partial charge >= 0.3 is 0 Å². The molecule has 2 aromatic carbocycles. The van der Waals surface area contributed by atoms with Crippen molar-refractivity contribution in [1.29, 1.82) is 0 Å². The Labute approximate surface area is 159 Å². The van der Waals surface area contributed by atoms with Crippen molar-refractivity contribution in [2.24, 2.45) is 5.92 Å². The fraction of sp³-hybridized carbons (Fsp3) is 0.500. The van der Waals surface area contributed by atoms with Crippen LogP contribution in [0.4, 0.5) is 0 Å². The zero-order valence-corrected chi connectivity index (χ0v) is 16.2. The van der Waals surface area contributed by atoms with Crippen molar-refractivity contribution < 1.29 is 0 Å². The van der Waals surface area contributed by atoms with Crippen molar-refractivity contribution >= 4 is 0 Å². The van der Waals surface area contributed by atoms with Crippen LogP contribution in [0.1, 0.15) is 43.2 Å². The SMILES string of the molecule is CCCCN1CC[C@H](c2ccccc2)[C@@H](CNCCc2ccccc2)C1. The van der Waals surface area contributed by atoms with Crippen molar-refractivity contribution in [3.63, 3.8) is 0 Å². The Bertz CT molecular complexity index is 611. The Morgan fingerprint density at radius 3 is 2.46 bits per heavy atom. The summed E-state index contributed by atoms with van der Waals surface area (Å²) >= 11 is 0. The van der Waals surface area contributed by atoms with Crippen molar-refractivity contribution in [1.82, 2.24) is 10.2 Å². The predicted molar refractivity (Wildman–Crippen MR) is 112 cm³/mol. The summed E-state index contributed by atoms with van der Waals surface area (Å²) in [5.41, 5.74) is 2.95. The Morgan fingerprint density at radius 1 is 1.00 bits per heavy atom. The average Bonchev–Trinajstić information content (AvgIpc) is 2.71. The summed E-state index contributed by atoms with van der Waals surface area (Å²) in [6.07, 6.45) is 5.02. The second kappa shape index (κ2) is 10.5. The van der Waals surface area contributed by atoms with Crippen LogP contribution >= 0.6 is 0 Å².